The summed E-state index contributed by atoms with van der Waals surface area (Å²) in [5, 5.41) is 0. The van der Waals surface area contributed by atoms with Crippen molar-refractivity contribution < 1.29 is 0 Å². The van der Waals surface area contributed by atoms with Gasteiger partial charge < -0.3 is 4.90 Å². The van der Waals surface area contributed by atoms with Crippen molar-refractivity contribution in [2.75, 3.05) is 18.0 Å². The normalized spacial score (nSPS) is 18.2. The number of fused-ring (bicyclic) bond motifs is 1. The summed E-state index contributed by atoms with van der Waals surface area (Å²) in [7, 11) is 0. The maximum atomic E-state index is 2.54. The Bertz CT molecular complexity index is 532. The van der Waals surface area contributed by atoms with E-state index in [0.29, 0.717) is 5.92 Å². The van der Waals surface area contributed by atoms with Gasteiger partial charge in [-0.3, -0.25) is 0 Å². The molecule has 3 rings (SSSR count). The Kier molecular flexibility index (Phi) is 3.54. The number of para-hydroxylation sites is 1. The van der Waals surface area contributed by atoms with E-state index in [9.17, 15) is 0 Å². The molecule has 19 heavy (non-hydrogen) atoms. The molecule has 1 unspecified atom stereocenters. The Hall–Kier alpha value is -1.76. The molecule has 0 aliphatic carbocycles. The molecule has 1 aliphatic rings. The molecule has 98 valence electrons. The van der Waals surface area contributed by atoms with E-state index in [0.717, 1.165) is 13.0 Å². The average molecular weight is 251 g/mol. The number of hydrogen-bond donors (Lipinski definition) is 0. The van der Waals surface area contributed by atoms with Gasteiger partial charge in [0.1, 0.15) is 0 Å². The fraction of sp³-hybridized carbons (Fsp3) is 0.333. The van der Waals surface area contributed by atoms with Crippen molar-refractivity contribution in [2.24, 2.45) is 0 Å². The molecule has 2 aromatic carbocycles. The molecule has 0 aromatic heterocycles. The van der Waals surface area contributed by atoms with Gasteiger partial charge in [0.25, 0.3) is 0 Å². The first kappa shape index (κ1) is 12.3. The van der Waals surface area contributed by atoms with Crippen LogP contribution < -0.4 is 4.90 Å². The van der Waals surface area contributed by atoms with Crippen LogP contribution in [-0.4, -0.2) is 13.1 Å². The van der Waals surface area contributed by atoms with Gasteiger partial charge in [0.05, 0.1) is 0 Å². The van der Waals surface area contributed by atoms with Crippen molar-refractivity contribution in [3.05, 3.63) is 65.7 Å². The summed E-state index contributed by atoms with van der Waals surface area (Å²) >= 11 is 0. The van der Waals surface area contributed by atoms with Gasteiger partial charge in [-0.25, -0.2) is 0 Å². The molecule has 2 aromatic rings. The lowest BCUT2D eigenvalue weighted by Crippen LogP contribution is -2.32. The van der Waals surface area contributed by atoms with Crippen molar-refractivity contribution >= 4 is 5.69 Å². The van der Waals surface area contributed by atoms with E-state index in [1.165, 1.54) is 29.8 Å². The van der Waals surface area contributed by atoms with Crippen LogP contribution in [0, 0.1) is 0 Å². The quantitative estimate of drug-likeness (QED) is 0.788. The zero-order valence-electron chi connectivity index (χ0n) is 11.5. The van der Waals surface area contributed by atoms with Crippen molar-refractivity contribution in [2.45, 2.75) is 25.7 Å². The smallest absolute Gasteiger partial charge is 0.0401 e. The third-order valence-electron chi connectivity index (χ3n) is 4.15. The zero-order valence-corrected chi connectivity index (χ0v) is 11.5. The molecule has 0 spiro atoms. The van der Waals surface area contributed by atoms with Crippen LogP contribution in [0.15, 0.2) is 54.6 Å². The molecule has 0 radical (unpaired) electrons. The number of hydrogen-bond acceptors (Lipinski definition) is 1. The van der Waals surface area contributed by atoms with Gasteiger partial charge in [-0.1, -0.05) is 55.5 Å². The lowest BCUT2D eigenvalue weighted by Gasteiger charge is -2.34. The molecule has 0 saturated heterocycles. The van der Waals surface area contributed by atoms with Gasteiger partial charge in [0, 0.05) is 18.8 Å². The van der Waals surface area contributed by atoms with E-state index in [-0.39, 0.29) is 0 Å². The van der Waals surface area contributed by atoms with E-state index in [1.54, 1.807) is 0 Å². The minimum atomic E-state index is 0.698. The Morgan fingerprint density at radius 2 is 1.74 bits per heavy atom. The molecule has 0 N–H and O–H groups in total. The number of nitrogens with zero attached hydrogens (tertiary/aromatic N) is 1. The SMILES string of the molecule is CC1CCN(CCc2ccccc2)c2ccccc21. The summed E-state index contributed by atoms with van der Waals surface area (Å²) in [4.78, 5) is 2.54. The van der Waals surface area contributed by atoms with Gasteiger partial charge in [-0.15, -0.1) is 0 Å². The lowest BCUT2D eigenvalue weighted by atomic mass is 9.91. The highest BCUT2D eigenvalue weighted by Crippen LogP contribution is 2.34. The van der Waals surface area contributed by atoms with Crippen LogP contribution in [0.25, 0.3) is 0 Å². The molecule has 1 heterocycles. The first-order valence-corrected chi connectivity index (χ1v) is 7.22. The van der Waals surface area contributed by atoms with Gasteiger partial charge >= 0.3 is 0 Å². The summed E-state index contributed by atoms with van der Waals surface area (Å²) in [6.07, 6.45) is 2.40. The van der Waals surface area contributed by atoms with E-state index in [2.05, 4.69) is 66.4 Å². The molecule has 1 nitrogen and oxygen atoms in total. The van der Waals surface area contributed by atoms with Crippen LogP contribution in [0.1, 0.15) is 30.4 Å². The second-order valence-corrected chi connectivity index (χ2v) is 5.47. The van der Waals surface area contributed by atoms with Crippen LogP contribution in [0.5, 0.6) is 0 Å². The first-order chi connectivity index (χ1) is 9.34. The number of rotatable bonds is 3. The highest BCUT2D eigenvalue weighted by molar-refractivity contribution is 5.57. The van der Waals surface area contributed by atoms with E-state index in [4.69, 9.17) is 0 Å². The van der Waals surface area contributed by atoms with Gasteiger partial charge in [0.2, 0.25) is 0 Å². The fourth-order valence-electron chi connectivity index (χ4n) is 2.96. The molecular weight excluding hydrogens is 230 g/mol. The second kappa shape index (κ2) is 5.48. The number of benzene rings is 2. The van der Waals surface area contributed by atoms with Gasteiger partial charge in [0.15, 0.2) is 0 Å². The fourth-order valence-corrected chi connectivity index (χ4v) is 2.96. The minimum Gasteiger partial charge on any atom is -0.371 e. The Labute approximate surface area is 115 Å². The maximum Gasteiger partial charge on any atom is 0.0401 e. The maximum absolute atomic E-state index is 2.54. The van der Waals surface area contributed by atoms with Crippen LogP contribution in [0.4, 0.5) is 5.69 Å². The summed E-state index contributed by atoms with van der Waals surface area (Å²) in [6.45, 7) is 4.64. The van der Waals surface area contributed by atoms with E-state index in [1.807, 2.05) is 0 Å². The Balaban J connectivity index is 1.74. The van der Waals surface area contributed by atoms with Crippen molar-refractivity contribution in [3.63, 3.8) is 0 Å². The number of anilines is 1. The molecule has 1 aliphatic heterocycles. The van der Waals surface area contributed by atoms with Gasteiger partial charge in [-0.2, -0.15) is 0 Å². The molecule has 0 bridgehead atoms. The summed E-state index contributed by atoms with van der Waals surface area (Å²) < 4.78 is 0. The monoisotopic (exact) mass is 251 g/mol. The van der Waals surface area contributed by atoms with Crippen LogP contribution in [0.3, 0.4) is 0 Å². The lowest BCUT2D eigenvalue weighted by molar-refractivity contribution is 0.609. The van der Waals surface area contributed by atoms with Crippen LogP contribution >= 0.6 is 0 Å². The topological polar surface area (TPSA) is 3.24 Å². The van der Waals surface area contributed by atoms with Crippen molar-refractivity contribution in [3.8, 4) is 0 Å². The van der Waals surface area contributed by atoms with E-state index < -0.39 is 0 Å². The van der Waals surface area contributed by atoms with E-state index >= 15 is 0 Å². The predicted molar refractivity (Wildman–Crippen MR) is 81.8 cm³/mol. The van der Waals surface area contributed by atoms with Crippen LogP contribution in [0.2, 0.25) is 0 Å². The largest absolute Gasteiger partial charge is 0.371 e. The molecule has 1 atom stereocenters. The molecule has 0 amide bonds. The van der Waals surface area contributed by atoms with Crippen LogP contribution in [-0.2, 0) is 6.42 Å². The molecule has 0 fully saturated rings. The standard InChI is InChI=1S/C18H21N/c1-15-11-13-19(18-10-6-5-9-17(15)18)14-12-16-7-3-2-4-8-16/h2-10,15H,11-14H2,1H3. The summed E-state index contributed by atoms with van der Waals surface area (Å²) in [5.74, 6) is 0.698. The average Bonchev–Trinajstić information content (AvgIpc) is 2.48. The predicted octanol–water partition coefficient (Wildman–Crippen LogP) is 4.24. The summed E-state index contributed by atoms with van der Waals surface area (Å²) in [5.41, 5.74) is 4.39. The molecule has 1 heteroatoms. The highest BCUT2D eigenvalue weighted by Gasteiger charge is 2.21. The zero-order chi connectivity index (χ0) is 13.1. The Morgan fingerprint density at radius 3 is 2.58 bits per heavy atom. The highest BCUT2D eigenvalue weighted by atomic mass is 15.1. The summed E-state index contributed by atoms with van der Waals surface area (Å²) in [6, 6.07) is 19.7. The second-order valence-electron chi connectivity index (χ2n) is 5.47. The van der Waals surface area contributed by atoms with Gasteiger partial charge in [-0.05, 0) is 36.0 Å². The molecular formula is C18H21N. The Morgan fingerprint density at radius 1 is 1.00 bits per heavy atom. The minimum absolute atomic E-state index is 0.698. The van der Waals surface area contributed by atoms with Crippen molar-refractivity contribution in [1.82, 2.24) is 0 Å². The third-order valence-corrected chi connectivity index (χ3v) is 4.15. The first-order valence-electron chi connectivity index (χ1n) is 7.22. The van der Waals surface area contributed by atoms with Crippen molar-refractivity contribution in [1.29, 1.82) is 0 Å². The molecule has 0 saturated carbocycles. The third kappa shape index (κ3) is 2.65.